The van der Waals surface area contributed by atoms with Gasteiger partial charge in [0.25, 0.3) is 0 Å². The molecule has 1 fully saturated rings. The Morgan fingerprint density at radius 2 is 1.74 bits per heavy atom. The van der Waals surface area contributed by atoms with E-state index in [-0.39, 0.29) is 11.9 Å². The van der Waals surface area contributed by atoms with Gasteiger partial charge in [0.15, 0.2) is 6.04 Å². The van der Waals surface area contributed by atoms with Crippen LogP contribution in [0.2, 0.25) is 0 Å². The molecule has 0 unspecified atom stereocenters. The number of nitrogens with zero attached hydrogens (tertiary/aromatic N) is 5. The fourth-order valence-electron chi connectivity index (χ4n) is 4.28. The lowest BCUT2D eigenvalue weighted by Gasteiger charge is -2.37. The zero-order valence-electron chi connectivity index (χ0n) is 17.1. The Morgan fingerprint density at radius 1 is 0.968 bits per heavy atom. The number of quaternary nitrogens is 1. The van der Waals surface area contributed by atoms with Gasteiger partial charge in [0.2, 0.25) is 5.82 Å². The minimum absolute atomic E-state index is 0.0940. The summed E-state index contributed by atoms with van der Waals surface area (Å²) in [4.78, 5) is 3.76. The first-order chi connectivity index (χ1) is 15.3. The summed E-state index contributed by atoms with van der Waals surface area (Å²) in [7, 11) is 0. The van der Waals surface area contributed by atoms with E-state index in [1.165, 1.54) is 22.7 Å². The summed E-state index contributed by atoms with van der Waals surface area (Å²) in [6, 6.07) is 20.8. The highest BCUT2D eigenvalue weighted by atomic mass is 19.1. The first kappa shape index (κ1) is 19.4. The molecule has 1 atom stereocenters. The number of anilines is 1. The monoisotopic (exact) mass is 419 g/mol. The van der Waals surface area contributed by atoms with Crippen LogP contribution in [0.5, 0.6) is 0 Å². The normalized spacial score (nSPS) is 15.8. The van der Waals surface area contributed by atoms with Crippen LogP contribution in [0.3, 0.4) is 0 Å². The highest BCUT2D eigenvalue weighted by Crippen LogP contribution is 2.20. The number of hydrogen-bond acceptors (Lipinski definition) is 5. The van der Waals surface area contributed by atoms with Crippen LogP contribution in [-0.2, 0) is 6.54 Å². The molecule has 0 aliphatic carbocycles. The van der Waals surface area contributed by atoms with E-state index >= 15 is 0 Å². The molecule has 0 amide bonds. The Labute approximate surface area is 179 Å². The molecule has 8 heteroatoms. The minimum Gasteiger partial charge on any atom is -0.467 e. The molecule has 1 saturated heterocycles. The van der Waals surface area contributed by atoms with Crippen molar-refractivity contribution < 1.29 is 13.7 Å². The summed E-state index contributed by atoms with van der Waals surface area (Å²) in [6.07, 6.45) is 1.64. The Morgan fingerprint density at radius 3 is 2.45 bits per heavy atom. The molecule has 0 saturated carbocycles. The van der Waals surface area contributed by atoms with E-state index in [1.54, 1.807) is 10.9 Å². The Bertz CT molecular complexity index is 1090. The Hall–Kier alpha value is -3.52. The van der Waals surface area contributed by atoms with Crippen molar-refractivity contribution in [3.63, 3.8) is 0 Å². The fourth-order valence-corrected chi connectivity index (χ4v) is 4.28. The number of nitrogens with one attached hydrogen (secondary N) is 1. The number of hydrogen-bond donors (Lipinski definition) is 1. The maximum absolute atomic E-state index is 13.6. The van der Waals surface area contributed by atoms with Crippen LogP contribution in [0.4, 0.5) is 10.1 Å². The third-order valence-electron chi connectivity index (χ3n) is 5.84. The fraction of sp³-hybridized carbons (Fsp3) is 0.261. The Kier molecular flexibility index (Phi) is 5.45. The summed E-state index contributed by atoms with van der Waals surface area (Å²) in [5.74, 6) is 1.29. The highest BCUT2D eigenvalue weighted by molar-refractivity contribution is 5.46. The maximum atomic E-state index is 13.6. The lowest BCUT2D eigenvalue weighted by molar-refractivity contribution is -0.927. The van der Waals surface area contributed by atoms with Crippen molar-refractivity contribution in [2.75, 3.05) is 31.1 Å². The van der Waals surface area contributed by atoms with Crippen LogP contribution in [0.25, 0.3) is 0 Å². The molecule has 4 aromatic rings. The second kappa shape index (κ2) is 8.69. The summed E-state index contributed by atoms with van der Waals surface area (Å²) in [5.41, 5.74) is 2.24. The first-order valence-electron chi connectivity index (χ1n) is 10.5. The quantitative estimate of drug-likeness (QED) is 0.518. The van der Waals surface area contributed by atoms with Gasteiger partial charge in [-0.25, -0.2) is 9.07 Å². The van der Waals surface area contributed by atoms with E-state index in [0.29, 0.717) is 6.54 Å². The van der Waals surface area contributed by atoms with E-state index in [0.717, 1.165) is 43.3 Å². The van der Waals surface area contributed by atoms with Gasteiger partial charge in [-0.2, -0.15) is 0 Å². The number of piperazine rings is 1. The van der Waals surface area contributed by atoms with Crippen LogP contribution in [-0.4, -0.2) is 46.4 Å². The van der Waals surface area contributed by atoms with Crippen molar-refractivity contribution in [2.24, 2.45) is 0 Å². The molecule has 1 N–H and O–H groups in total. The largest absolute Gasteiger partial charge is 0.467 e. The molecular formula is C23H24FN6O+. The molecule has 7 nitrogen and oxygen atoms in total. The molecule has 5 rings (SSSR count). The minimum atomic E-state index is -0.249. The third kappa shape index (κ3) is 4.20. The molecule has 2 aromatic carbocycles. The van der Waals surface area contributed by atoms with E-state index < -0.39 is 0 Å². The average Bonchev–Trinajstić information content (AvgIpc) is 3.49. The van der Waals surface area contributed by atoms with Gasteiger partial charge in [0.1, 0.15) is 18.1 Å². The summed E-state index contributed by atoms with van der Waals surface area (Å²) < 4.78 is 20.9. The van der Waals surface area contributed by atoms with Crippen molar-refractivity contribution in [3.8, 4) is 0 Å². The number of rotatable bonds is 6. The zero-order valence-corrected chi connectivity index (χ0v) is 17.1. The maximum Gasteiger partial charge on any atom is 0.214 e. The van der Waals surface area contributed by atoms with E-state index in [1.807, 2.05) is 30.3 Å². The molecule has 31 heavy (non-hydrogen) atoms. The SMILES string of the molecule is Fc1ccc([C@H](c2nnnn2Cc2ccco2)[NH+]2CCN(c3ccccc3)CC2)cc1. The second-order valence-electron chi connectivity index (χ2n) is 7.74. The average molecular weight is 419 g/mol. The van der Waals surface area contributed by atoms with Crippen molar-refractivity contribution in [2.45, 2.75) is 12.6 Å². The predicted octanol–water partition coefficient (Wildman–Crippen LogP) is 1.95. The Balaban J connectivity index is 1.43. The predicted molar refractivity (Wildman–Crippen MR) is 113 cm³/mol. The zero-order chi connectivity index (χ0) is 21.0. The van der Waals surface area contributed by atoms with Gasteiger partial charge in [-0.1, -0.05) is 18.2 Å². The molecule has 1 aliphatic rings. The van der Waals surface area contributed by atoms with Crippen LogP contribution < -0.4 is 9.80 Å². The van der Waals surface area contributed by atoms with Crippen LogP contribution in [0, 0.1) is 5.82 Å². The second-order valence-corrected chi connectivity index (χ2v) is 7.74. The molecule has 0 spiro atoms. The van der Waals surface area contributed by atoms with Gasteiger partial charge >= 0.3 is 0 Å². The number of furan rings is 1. The number of halogens is 1. The van der Waals surface area contributed by atoms with Crippen molar-refractivity contribution in [3.05, 3.63) is 96.0 Å². The molecule has 158 valence electrons. The van der Waals surface area contributed by atoms with Crippen molar-refractivity contribution in [1.29, 1.82) is 0 Å². The molecule has 0 radical (unpaired) electrons. The van der Waals surface area contributed by atoms with E-state index in [4.69, 9.17) is 4.42 Å². The van der Waals surface area contributed by atoms with Crippen LogP contribution in [0.15, 0.2) is 77.4 Å². The smallest absolute Gasteiger partial charge is 0.214 e. The standard InChI is InChI=1S/C23H23FN6O/c24-19-10-8-18(9-11-19)22(23-25-26-27-30(23)17-21-7-4-16-31-21)29-14-12-28(13-15-29)20-5-2-1-3-6-20/h1-11,16,22H,12-15,17H2/p+1/t22-/m1/s1. The van der Waals surface area contributed by atoms with Gasteiger partial charge in [0, 0.05) is 11.3 Å². The summed E-state index contributed by atoms with van der Waals surface area (Å²) in [6.45, 7) is 4.15. The molecule has 2 aromatic heterocycles. The molecule has 0 bridgehead atoms. The van der Waals surface area contributed by atoms with Crippen molar-refractivity contribution in [1.82, 2.24) is 20.2 Å². The number of benzene rings is 2. The summed E-state index contributed by atoms with van der Waals surface area (Å²) in [5, 5.41) is 12.5. The number of aromatic nitrogens is 4. The van der Waals surface area contributed by atoms with Gasteiger partial charge in [-0.05, 0) is 59.0 Å². The van der Waals surface area contributed by atoms with Gasteiger partial charge < -0.3 is 14.2 Å². The van der Waals surface area contributed by atoms with Crippen LogP contribution in [0.1, 0.15) is 23.2 Å². The molecular weight excluding hydrogens is 395 g/mol. The molecule has 3 heterocycles. The topological polar surface area (TPSA) is 64.4 Å². The van der Waals surface area contributed by atoms with Crippen LogP contribution >= 0.6 is 0 Å². The van der Waals surface area contributed by atoms with Gasteiger partial charge in [-0.15, -0.1) is 5.10 Å². The van der Waals surface area contributed by atoms with Gasteiger partial charge in [0.05, 0.1) is 32.4 Å². The van der Waals surface area contributed by atoms with Crippen molar-refractivity contribution >= 4 is 5.69 Å². The number of tetrazole rings is 1. The molecule has 1 aliphatic heterocycles. The third-order valence-corrected chi connectivity index (χ3v) is 5.84. The van der Waals surface area contributed by atoms with E-state index in [9.17, 15) is 4.39 Å². The lowest BCUT2D eigenvalue weighted by atomic mass is 10.0. The van der Waals surface area contributed by atoms with Gasteiger partial charge in [-0.3, -0.25) is 0 Å². The first-order valence-corrected chi connectivity index (χ1v) is 10.5. The van der Waals surface area contributed by atoms with E-state index in [2.05, 4.69) is 44.7 Å². The summed E-state index contributed by atoms with van der Waals surface area (Å²) >= 11 is 0. The highest BCUT2D eigenvalue weighted by Gasteiger charge is 2.34. The number of para-hydroxylation sites is 1. The lowest BCUT2D eigenvalue weighted by Crippen LogP contribution is -3.15.